The minimum atomic E-state index is -1.20. The van der Waals surface area contributed by atoms with E-state index in [1.165, 1.54) is 0 Å². The molecule has 0 unspecified atom stereocenters. The van der Waals surface area contributed by atoms with Crippen molar-refractivity contribution in [2.45, 2.75) is 69.7 Å². The molecule has 1 spiro atoms. The zero-order valence-corrected chi connectivity index (χ0v) is 25.3. The summed E-state index contributed by atoms with van der Waals surface area (Å²) in [5.41, 5.74) is 1.43. The predicted molar refractivity (Wildman–Crippen MR) is 162 cm³/mol. The maximum Gasteiger partial charge on any atom is 0.246 e. The minimum Gasteiger partial charge on any atom is -0.493 e. The number of nitrogens with one attached hydrogen (secondary N) is 2. The molecule has 228 valence electrons. The Morgan fingerprint density at radius 2 is 1.84 bits per heavy atom. The maximum atomic E-state index is 14.3. The fraction of sp³-hybridized carbons (Fsp3) is 0.500. The number of anilines is 1. The number of fused-ring (bicyclic) bond motifs is 1. The van der Waals surface area contributed by atoms with Crippen molar-refractivity contribution in [1.82, 2.24) is 10.2 Å². The number of likely N-dealkylation sites (tertiary alicyclic amines) is 1. The van der Waals surface area contributed by atoms with Crippen molar-refractivity contribution in [2.24, 2.45) is 17.8 Å². The molecule has 1 aliphatic carbocycles. The molecule has 2 N–H and O–H groups in total. The summed E-state index contributed by atoms with van der Waals surface area (Å²) >= 11 is 0. The molecule has 0 radical (unpaired) electrons. The van der Waals surface area contributed by atoms with Crippen LogP contribution in [0.5, 0.6) is 11.5 Å². The molecule has 9 nitrogen and oxygen atoms in total. The Morgan fingerprint density at radius 3 is 2.58 bits per heavy atom. The van der Waals surface area contributed by atoms with Gasteiger partial charge in [-0.05, 0) is 67.5 Å². The van der Waals surface area contributed by atoms with Crippen molar-refractivity contribution in [3.05, 3.63) is 65.7 Å². The monoisotopic (exact) mass is 587 g/mol. The highest BCUT2D eigenvalue weighted by Crippen LogP contribution is 2.55. The van der Waals surface area contributed by atoms with Crippen molar-refractivity contribution in [1.29, 1.82) is 0 Å². The lowest BCUT2D eigenvalue weighted by Gasteiger charge is -2.36. The Morgan fingerprint density at radius 1 is 1.05 bits per heavy atom. The maximum absolute atomic E-state index is 14.3. The zero-order chi connectivity index (χ0) is 30.3. The lowest BCUT2D eigenvalue weighted by molar-refractivity contribution is -0.141. The topological polar surface area (TPSA) is 106 Å². The van der Waals surface area contributed by atoms with Gasteiger partial charge in [0.05, 0.1) is 32.2 Å². The number of carbonyl (C=O) groups excluding carboxylic acids is 3. The predicted octanol–water partition coefficient (Wildman–Crippen LogP) is 4.04. The second kappa shape index (κ2) is 11.7. The summed E-state index contributed by atoms with van der Waals surface area (Å²) < 4.78 is 17.4. The number of ether oxygens (including phenoxy) is 3. The summed E-state index contributed by atoms with van der Waals surface area (Å²) in [6, 6.07) is 12.4. The Bertz CT molecular complexity index is 1440. The van der Waals surface area contributed by atoms with E-state index in [-0.39, 0.29) is 23.8 Å². The van der Waals surface area contributed by atoms with Gasteiger partial charge in [0.1, 0.15) is 11.6 Å². The van der Waals surface area contributed by atoms with E-state index in [1.54, 1.807) is 19.1 Å². The second-order valence-electron chi connectivity index (χ2n) is 12.4. The Kier molecular flexibility index (Phi) is 7.94. The van der Waals surface area contributed by atoms with Crippen molar-refractivity contribution in [3.8, 4) is 11.5 Å². The Balaban J connectivity index is 1.30. The second-order valence-corrected chi connectivity index (χ2v) is 12.4. The molecule has 2 bridgehead atoms. The van der Waals surface area contributed by atoms with E-state index in [9.17, 15) is 14.4 Å². The van der Waals surface area contributed by atoms with Crippen LogP contribution in [0.2, 0.25) is 0 Å². The molecule has 1 saturated carbocycles. The molecular formula is C34H41N3O6. The standard InChI is InChI=1S/C34H41N3O6/c1-20-8-7-10-23(18-20)35-31(38)28-26-14-16-34(43-26)29(28)33(40)37(17-15-22-12-13-25(41-3)27(19-22)42-4)30(34)32(39)36-24-11-6-5-9-21(24)2/h7-8,10,12-14,16,18-19,21,24,26,28-30H,5-6,9,11,15,17H2,1-4H3,(H,35,38)(H,36,39)/t21-,24-,26-,28-,29-,30+,34+/m1/s1. The Labute approximate surface area is 252 Å². The molecule has 3 aliphatic heterocycles. The van der Waals surface area contributed by atoms with E-state index in [1.807, 2.05) is 61.5 Å². The molecule has 2 aromatic rings. The third-order valence-electron chi connectivity index (χ3n) is 9.74. The molecule has 7 atom stereocenters. The number of methoxy groups -OCH3 is 2. The SMILES string of the molecule is COc1ccc(CCN2C(=O)[C@H]3[C@H](C(=O)Nc4cccc(C)c4)[C@H]4C=C[C@@]3(O4)[C@@H]2C(=O)N[C@@H]2CCCC[C@H]2C)cc1OC. The van der Waals surface area contributed by atoms with Crippen molar-refractivity contribution < 1.29 is 28.6 Å². The van der Waals surface area contributed by atoms with Gasteiger partial charge < -0.3 is 29.7 Å². The van der Waals surface area contributed by atoms with E-state index >= 15 is 0 Å². The molecule has 2 aromatic carbocycles. The first kappa shape index (κ1) is 29.2. The van der Waals surface area contributed by atoms with Crippen LogP contribution in [0.3, 0.4) is 0 Å². The number of benzene rings is 2. The summed E-state index contributed by atoms with van der Waals surface area (Å²) in [6.07, 6.45) is 7.83. The molecule has 43 heavy (non-hydrogen) atoms. The van der Waals surface area contributed by atoms with Gasteiger partial charge in [-0.25, -0.2) is 0 Å². The van der Waals surface area contributed by atoms with E-state index < -0.39 is 29.6 Å². The molecule has 3 heterocycles. The van der Waals surface area contributed by atoms with Crippen LogP contribution in [-0.2, 0) is 25.5 Å². The van der Waals surface area contributed by atoms with Gasteiger partial charge in [-0.2, -0.15) is 0 Å². The molecular weight excluding hydrogens is 546 g/mol. The first-order valence-electron chi connectivity index (χ1n) is 15.3. The average molecular weight is 588 g/mol. The van der Waals surface area contributed by atoms with Crippen LogP contribution in [0.15, 0.2) is 54.6 Å². The van der Waals surface area contributed by atoms with Gasteiger partial charge >= 0.3 is 0 Å². The third kappa shape index (κ3) is 5.18. The zero-order valence-electron chi connectivity index (χ0n) is 25.3. The number of aryl methyl sites for hydroxylation is 1. The fourth-order valence-electron chi connectivity index (χ4n) is 7.53. The highest BCUT2D eigenvalue weighted by Gasteiger charge is 2.72. The summed E-state index contributed by atoms with van der Waals surface area (Å²) in [5.74, 6) is -0.685. The van der Waals surface area contributed by atoms with E-state index in [0.717, 1.165) is 36.8 Å². The molecule has 3 amide bonds. The summed E-state index contributed by atoms with van der Waals surface area (Å²) in [6.45, 7) is 4.42. The number of rotatable bonds is 9. The van der Waals surface area contributed by atoms with Gasteiger partial charge in [-0.1, -0.05) is 50.1 Å². The van der Waals surface area contributed by atoms with E-state index in [2.05, 4.69) is 17.6 Å². The van der Waals surface area contributed by atoms with E-state index in [4.69, 9.17) is 14.2 Å². The molecule has 0 aromatic heterocycles. The number of nitrogens with zero attached hydrogens (tertiary/aromatic N) is 1. The fourth-order valence-corrected chi connectivity index (χ4v) is 7.53. The lowest BCUT2D eigenvalue weighted by Crippen LogP contribution is -2.57. The molecule has 6 rings (SSSR count). The van der Waals surface area contributed by atoms with Crippen LogP contribution in [-0.4, -0.2) is 67.2 Å². The smallest absolute Gasteiger partial charge is 0.246 e. The highest BCUT2D eigenvalue weighted by molar-refractivity contribution is 6.02. The number of hydrogen-bond donors (Lipinski definition) is 2. The van der Waals surface area contributed by atoms with Gasteiger partial charge in [0, 0.05) is 18.3 Å². The Hall–Kier alpha value is -3.85. The molecule has 2 saturated heterocycles. The van der Waals surface area contributed by atoms with Gasteiger partial charge in [0.2, 0.25) is 17.7 Å². The lowest BCUT2D eigenvalue weighted by atomic mass is 9.74. The minimum absolute atomic E-state index is 0.0440. The van der Waals surface area contributed by atoms with Crippen LogP contribution >= 0.6 is 0 Å². The van der Waals surface area contributed by atoms with Crippen LogP contribution in [0.25, 0.3) is 0 Å². The average Bonchev–Trinajstić information content (AvgIpc) is 3.64. The van der Waals surface area contributed by atoms with Crippen LogP contribution in [0, 0.1) is 24.7 Å². The van der Waals surface area contributed by atoms with Crippen LogP contribution in [0.4, 0.5) is 5.69 Å². The van der Waals surface area contributed by atoms with Crippen LogP contribution < -0.4 is 20.1 Å². The number of hydrogen-bond acceptors (Lipinski definition) is 6. The van der Waals surface area contributed by atoms with Gasteiger partial charge in [-0.3, -0.25) is 14.4 Å². The molecule has 4 aliphatic rings. The van der Waals surface area contributed by atoms with Crippen LogP contribution in [0.1, 0.15) is 43.7 Å². The third-order valence-corrected chi connectivity index (χ3v) is 9.74. The van der Waals surface area contributed by atoms with Gasteiger partial charge in [0.15, 0.2) is 11.5 Å². The normalized spacial score (nSPS) is 30.7. The summed E-state index contributed by atoms with van der Waals surface area (Å²) in [4.78, 5) is 43.9. The molecule has 9 heteroatoms. The van der Waals surface area contributed by atoms with Crippen molar-refractivity contribution >= 4 is 23.4 Å². The van der Waals surface area contributed by atoms with Gasteiger partial charge in [-0.15, -0.1) is 0 Å². The number of amides is 3. The van der Waals surface area contributed by atoms with Gasteiger partial charge in [0.25, 0.3) is 0 Å². The quantitative estimate of drug-likeness (QED) is 0.429. The highest BCUT2D eigenvalue weighted by atomic mass is 16.5. The largest absolute Gasteiger partial charge is 0.493 e. The summed E-state index contributed by atoms with van der Waals surface area (Å²) in [7, 11) is 3.17. The first-order chi connectivity index (χ1) is 20.8. The van der Waals surface area contributed by atoms with Crippen molar-refractivity contribution in [2.75, 3.05) is 26.1 Å². The van der Waals surface area contributed by atoms with E-state index in [0.29, 0.717) is 36.1 Å². The first-order valence-corrected chi connectivity index (χ1v) is 15.3. The molecule has 3 fully saturated rings. The summed E-state index contributed by atoms with van der Waals surface area (Å²) in [5, 5.41) is 6.29. The van der Waals surface area contributed by atoms with Crippen molar-refractivity contribution in [3.63, 3.8) is 0 Å². The number of carbonyl (C=O) groups is 3.